The van der Waals surface area contributed by atoms with Gasteiger partial charge in [-0.25, -0.2) is 18.7 Å². The molecule has 28 heavy (non-hydrogen) atoms. The molecule has 7 nitrogen and oxygen atoms in total. The van der Waals surface area contributed by atoms with E-state index in [1.165, 1.54) is 30.0 Å². The molecule has 4 rings (SSSR count). The van der Waals surface area contributed by atoms with Gasteiger partial charge in [0, 0.05) is 12.4 Å². The van der Waals surface area contributed by atoms with E-state index >= 15 is 0 Å². The van der Waals surface area contributed by atoms with Crippen LogP contribution >= 0.6 is 0 Å². The third kappa shape index (κ3) is 2.65. The molecule has 1 aromatic carbocycles. The zero-order chi connectivity index (χ0) is 20.0. The van der Waals surface area contributed by atoms with Crippen LogP contribution in [-0.2, 0) is 4.74 Å². The first-order valence-corrected chi connectivity index (χ1v) is 8.65. The second-order valence-corrected chi connectivity index (χ2v) is 6.50. The van der Waals surface area contributed by atoms with Gasteiger partial charge in [0.25, 0.3) is 5.56 Å². The van der Waals surface area contributed by atoms with Gasteiger partial charge in [-0.15, -0.1) is 0 Å². The van der Waals surface area contributed by atoms with E-state index in [2.05, 4.69) is 10.1 Å². The van der Waals surface area contributed by atoms with Crippen molar-refractivity contribution in [1.29, 1.82) is 0 Å². The molecule has 0 amide bonds. The topological polar surface area (TPSA) is 78.5 Å². The van der Waals surface area contributed by atoms with Crippen molar-refractivity contribution < 1.29 is 13.9 Å². The van der Waals surface area contributed by atoms with Gasteiger partial charge in [0.2, 0.25) is 0 Å². The number of carbonyl (C=O) groups is 1. The number of halogens is 1. The van der Waals surface area contributed by atoms with E-state index in [-0.39, 0.29) is 23.0 Å². The van der Waals surface area contributed by atoms with Crippen LogP contribution in [0.15, 0.2) is 47.5 Å². The molecular formula is C20H17FN4O3. The van der Waals surface area contributed by atoms with Gasteiger partial charge >= 0.3 is 5.97 Å². The van der Waals surface area contributed by atoms with E-state index in [0.29, 0.717) is 22.2 Å². The minimum Gasteiger partial charge on any atom is -0.465 e. The summed E-state index contributed by atoms with van der Waals surface area (Å²) in [5, 5.41) is 4.72. The molecule has 0 bridgehead atoms. The summed E-state index contributed by atoms with van der Waals surface area (Å²) in [5.41, 5.74) is 2.16. The van der Waals surface area contributed by atoms with Crippen LogP contribution in [0.25, 0.3) is 16.6 Å². The van der Waals surface area contributed by atoms with Gasteiger partial charge in [0.1, 0.15) is 11.4 Å². The van der Waals surface area contributed by atoms with Gasteiger partial charge in [-0.2, -0.15) is 5.10 Å². The van der Waals surface area contributed by atoms with Crippen molar-refractivity contribution in [2.45, 2.75) is 19.9 Å². The van der Waals surface area contributed by atoms with Crippen molar-refractivity contribution in [1.82, 2.24) is 19.2 Å². The maximum atomic E-state index is 13.2. The summed E-state index contributed by atoms with van der Waals surface area (Å²) in [7, 11) is 1.29. The minimum absolute atomic E-state index is 0.253. The lowest BCUT2D eigenvalue weighted by Gasteiger charge is -2.16. The highest BCUT2D eigenvalue weighted by Crippen LogP contribution is 2.21. The van der Waals surface area contributed by atoms with Crippen LogP contribution < -0.4 is 5.56 Å². The van der Waals surface area contributed by atoms with Crippen LogP contribution in [0.2, 0.25) is 0 Å². The summed E-state index contributed by atoms with van der Waals surface area (Å²) in [4.78, 5) is 29.4. The SMILES string of the molecule is COC(=O)c1c(C)nn2c1ncc1c(=O)n(C(C)c3ccc(F)cc3)ccc12. The molecule has 0 saturated heterocycles. The fourth-order valence-corrected chi connectivity index (χ4v) is 3.34. The highest BCUT2D eigenvalue weighted by atomic mass is 19.1. The van der Waals surface area contributed by atoms with Crippen LogP contribution in [-0.4, -0.2) is 32.2 Å². The molecule has 1 atom stereocenters. The quantitative estimate of drug-likeness (QED) is 0.511. The monoisotopic (exact) mass is 380 g/mol. The Bertz CT molecular complexity index is 1270. The van der Waals surface area contributed by atoms with Gasteiger partial charge in [-0.05, 0) is 37.6 Å². The Balaban J connectivity index is 1.91. The van der Waals surface area contributed by atoms with Crippen LogP contribution in [0.3, 0.4) is 0 Å². The van der Waals surface area contributed by atoms with E-state index < -0.39 is 5.97 Å². The Kier molecular flexibility index (Phi) is 4.18. The van der Waals surface area contributed by atoms with Crippen molar-refractivity contribution in [2.75, 3.05) is 7.11 Å². The summed E-state index contributed by atoms with van der Waals surface area (Å²) in [5.74, 6) is -0.860. The van der Waals surface area contributed by atoms with Crippen molar-refractivity contribution in [3.05, 3.63) is 75.7 Å². The molecule has 3 aromatic heterocycles. The largest absolute Gasteiger partial charge is 0.465 e. The van der Waals surface area contributed by atoms with Crippen LogP contribution in [0.5, 0.6) is 0 Å². The number of pyridine rings is 1. The zero-order valence-electron chi connectivity index (χ0n) is 15.5. The Hall–Kier alpha value is -3.55. The second-order valence-electron chi connectivity index (χ2n) is 6.50. The number of ether oxygens (including phenoxy) is 1. The number of nitrogens with zero attached hydrogens (tertiary/aromatic N) is 4. The van der Waals surface area contributed by atoms with Crippen molar-refractivity contribution in [2.24, 2.45) is 0 Å². The van der Waals surface area contributed by atoms with Crippen molar-refractivity contribution in [3.63, 3.8) is 0 Å². The highest BCUT2D eigenvalue weighted by molar-refractivity contribution is 5.98. The lowest BCUT2D eigenvalue weighted by Crippen LogP contribution is -2.24. The summed E-state index contributed by atoms with van der Waals surface area (Å²) >= 11 is 0. The molecule has 4 aromatic rings. The van der Waals surface area contributed by atoms with E-state index in [0.717, 1.165) is 5.56 Å². The molecule has 3 heterocycles. The number of fused-ring (bicyclic) bond motifs is 3. The second kappa shape index (κ2) is 6.56. The molecule has 0 aliphatic heterocycles. The number of hydrogen-bond donors (Lipinski definition) is 0. The fraction of sp³-hybridized carbons (Fsp3) is 0.200. The predicted octanol–water partition coefficient (Wildman–Crippen LogP) is 2.89. The normalized spacial score (nSPS) is 12.4. The van der Waals surface area contributed by atoms with Crippen LogP contribution in [0, 0.1) is 12.7 Å². The number of methoxy groups -OCH3 is 1. The first kappa shape index (κ1) is 17.8. The Labute approximate surface area is 159 Å². The molecule has 0 aliphatic rings. The molecule has 142 valence electrons. The molecular weight excluding hydrogens is 363 g/mol. The fourth-order valence-electron chi connectivity index (χ4n) is 3.34. The smallest absolute Gasteiger partial charge is 0.343 e. The van der Waals surface area contributed by atoms with E-state index in [1.54, 1.807) is 35.9 Å². The van der Waals surface area contributed by atoms with Gasteiger partial charge in [0.15, 0.2) is 5.65 Å². The number of hydrogen-bond acceptors (Lipinski definition) is 5. The average Bonchev–Trinajstić information content (AvgIpc) is 3.04. The number of aromatic nitrogens is 4. The summed E-state index contributed by atoms with van der Waals surface area (Å²) in [6.07, 6.45) is 3.10. The number of esters is 1. The molecule has 0 radical (unpaired) electrons. The number of aryl methyl sites for hydroxylation is 1. The van der Waals surface area contributed by atoms with Crippen molar-refractivity contribution >= 4 is 22.5 Å². The maximum absolute atomic E-state index is 13.2. The lowest BCUT2D eigenvalue weighted by molar-refractivity contribution is 0.0602. The molecule has 0 fully saturated rings. The van der Waals surface area contributed by atoms with Crippen LogP contribution in [0.4, 0.5) is 4.39 Å². The molecule has 0 aliphatic carbocycles. The Morgan fingerprint density at radius 1 is 1.21 bits per heavy atom. The molecule has 8 heteroatoms. The Morgan fingerprint density at radius 3 is 2.61 bits per heavy atom. The van der Waals surface area contributed by atoms with Gasteiger partial charge in [-0.3, -0.25) is 4.79 Å². The first-order valence-electron chi connectivity index (χ1n) is 8.65. The van der Waals surface area contributed by atoms with Gasteiger partial charge in [-0.1, -0.05) is 12.1 Å². The van der Waals surface area contributed by atoms with E-state index in [1.807, 2.05) is 6.92 Å². The summed E-state index contributed by atoms with van der Waals surface area (Å²) in [6, 6.07) is 7.49. The van der Waals surface area contributed by atoms with Crippen LogP contribution in [0.1, 0.15) is 34.6 Å². The number of benzene rings is 1. The molecule has 0 spiro atoms. The maximum Gasteiger partial charge on any atom is 0.343 e. The first-order chi connectivity index (χ1) is 13.4. The molecule has 1 unspecified atom stereocenters. The van der Waals surface area contributed by atoms with Gasteiger partial charge < -0.3 is 9.30 Å². The molecule has 0 saturated carbocycles. The number of rotatable bonds is 3. The summed E-state index contributed by atoms with van der Waals surface area (Å²) < 4.78 is 21.0. The summed E-state index contributed by atoms with van der Waals surface area (Å²) in [6.45, 7) is 3.55. The average molecular weight is 380 g/mol. The van der Waals surface area contributed by atoms with Gasteiger partial charge in [0.05, 0.1) is 29.7 Å². The lowest BCUT2D eigenvalue weighted by atomic mass is 10.1. The highest BCUT2D eigenvalue weighted by Gasteiger charge is 2.21. The minimum atomic E-state index is -0.530. The third-order valence-corrected chi connectivity index (χ3v) is 4.87. The standard InChI is InChI=1S/C20H17FN4O3/c1-11-17(20(27)28-3)18-22-10-15-16(25(18)23-11)8-9-24(19(15)26)12(2)13-4-6-14(21)7-5-13/h4-10,12H,1-3H3. The van der Waals surface area contributed by atoms with Crippen molar-refractivity contribution in [3.8, 4) is 0 Å². The molecule has 0 N–H and O–H groups in total. The number of carbonyl (C=O) groups excluding carboxylic acids is 1. The third-order valence-electron chi connectivity index (χ3n) is 4.87. The predicted molar refractivity (Wildman–Crippen MR) is 101 cm³/mol. The zero-order valence-corrected chi connectivity index (χ0v) is 15.5. The van der Waals surface area contributed by atoms with E-state index in [4.69, 9.17) is 4.74 Å². The van der Waals surface area contributed by atoms with E-state index in [9.17, 15) is 14.0 Å². The Morgan fingerprint density at radius 2 is 1.93 bits per heavy atom.